The molecule has 0 aliphatic heterocycles. The maximum Gasteiger partial charge on any atom is 0.347 e. The van der Waals surface area contributed by atoms with Gasteiger partial charge in [-0.1, -0.05) is 32.4 Å². The molecule has 4 heteroatoms. The van der Waals surface area contributed by atoms with Gasteiger partial charge in [-0.15, -0.1) is 0 Å². The summed E-state index contributed by atoms with van der Waals surface area (Å²) >= 11 is 0. The molecule has 1 rings (SSSR count). The molecule has 0 heterocycles. The van der Waals surface area contributed by atoms with Gasteiger partial charge in [-0.25, -0.2) is 4.79 Å². The van der Waals surface area contributed by atoms with Crippen LogP contribution in [0, 0.1) is 0 Å². The first-order valence-electron chi connectivity index (χ1n) is 6.59. The summed E-state index contributed by atoms with van der Waals surface area (Å²) in [6.45, 7) is 4.31. The molecule has 1 aromatic rings. The molecule has 19 heavy (non-hydrogen) atoms. The second-order valence-corrected chi connectivity index (χ2v) is 4.23. The molecule has 0 saturated carbocycles. The smallest absolute Gasteiger partial charge is 0.347 e. The van der Waals surface area contributed by atoms with E-state index in [0.717, 1.165) is 19.1 Å². The number of esters is 1. The molecular formula is C15H20O4. The predicted octanol–water partition coefficient (Wildman–Crippen LogP) is 3.00. The largest absolute Gasteiger partial charge is 0.479 e. The number of ether oxygens (including phenoxy) is 2. The van der Waals surface area contributed by atoms with E-state index in [1.54, 1.807) is 24.3 Å². The number of unbranched alkanes of at least 4 members (excludes halogenated alkanes) is 1. The molecule has 1 atom stereocenters. The Balaban J connectivity index is 2.59. The molecule has 0 bridgehead atoms. The van der Waals surface area contributed by atoms with Crippen LogP contribution >= 0.6 is 0 Å². The van der Waals surface area contributed by atoms with Crippen LogP contribution in [0.2, 0.25) is 0 Å². The second kappa shape index (κ2) is 8.29. The highest BCUT2D eigenvalue weighted by atomic mass is 16.6. The highest BCUT2D eigenvalue weighted by Crippen LogP contribution is 2.15. The van der Waals surface area contributed by atoms with E-state index in [4.69, 9.17) is 9.47 Å². The van der Waals surface area contributed by atoms with Gasteiger partial charge in [0.1, 0.15) is 12.0 Å². The standard InChI is InChI=1S/C15H20O4/c1-3-5-9-18-15(17)14(4-2)19-13-8-6-7-12(10-13)11-16/h6-8,10-11,14H,3-5,9H2,1-2H3. The molecule has 0 amide bonds. The van der Waals surface area contributed by atoms with Crippen molar-refractivity contribution in [2.24, 2.45) is 0 Å². The van der Waals surface area contributed by atoms with Crippen LogP contribution in [0.1, 0.15) is 43.5 Å². The zero-order valence-corrected chi connectivity index (χ0v) is 11.4. The monoisotopic (exact) mass is 264 g/mol. The van der Waals surface area contributed by atoms with Gasteiger partial charge in [0.2, 0.25) is 0 Å². The quantitative estimate of drug-likeness (QED) is 0.411. The maximum absolute atomic E-state index is 11.8. The van der Waals surface area contributed by atoms with Crippen molar-refractivity contribution in [1.82, 2.24) is 0 Å². The first-order chi connectivity index (χ1) is 9.21. The van der Waals surface area contributed by atoms with Crippen molar-refractivity contribution >= 4 is 12.3 Å². The predicted molar refractivity (Wildman–Crippen MR) is 72.4 cm³/mol. The van der Waals surface area contributed by atoms with Gasteiger partial charge in [0.05, 0.1) is 6.61 Å². The zero-order chi connectivity index (χ0) is 14.1. The Morgan fingerprint density at radius 1 is 1.37 bits per heavy atom. The number of rotatable bonds is 8. The van der Waals surface area contributed by atoms with E-state index < -0.39 is 6.10 Å². The minimum absolute atomic E-state index is 0.354. The molecule has 0 saturated heterocycles. The molecule has 0 aromatic heterocycles. The Labute approximate surface area is 113 Å². The molecule has 0 fully saturated rings. The summed E-state index contributed by atoms with van der Waals surface area (Å²) in [5.41, 5.74) is 0.520. The van der Waals surface area contributed by atoms with Crippen LogP contribution in [-0.2, 0) is 9.53 Å². The zero-order valence-electron chi connectivity index (χ0n) is 11.4. The van der Waals surface area contributed by atoms with Crippen LogP contribution in [0.25, 0.3) is 0 Å². The number of aldehydes is 1. The maximum atomic E-state index is 11.8. The van der Waals surface area contributed by atoms with E-state index in [1.165, 1.54) is 0 Å². The lowest BCUT2D eigenvalue weighted by molar-refractivity contribution is -0.152. The Morgan fingerprint density at radius 3 is 2.79 bits per heavy atom. The Bertz CT molecular complexity index is 414. The van der Waals surface area contributed by atoms with Crippen LogP contribution in [-0.4, -0.2) is 25.0 Å². The first-order valence-corrected chi connectivity index (χ1v) is 6.59. The van der Waals surface area contributed by atoms with Crippen molar-refractivity contribution in [1.29, 1.82) is 0 Å². The summed E-state index contributed by atoms with van der Waals surface area (Å²) in [5, 5.41) is 0. The summed E-state index contributed by atoms with van der Waals surface area (Å²) in [5.74, 6) is 0.149. The van der Waals surface area contributed by atoms with Gasteiger partial charge in [-0.05, 0) is 25.0 Å². The second-order valence-electron chi connectivity index (χ2n) is 4.23. The van der Waals surface area contributed by atoms with Crippen molar-refractivity contribution in [2.45, 2.75) is 39.2 Å². The number of carbonyl (C=O) groups excluding carboxylic acids is 2. The summed E-state index contributed by atoms with van der Waals surface area (Å²) in [6.07, 6.45) is 2.47. The van der Waals surface area contributed by atoms with Crippen molar-refractivity contribution < 1.29 is 19.1 Å². The lowest BCUT2D eigenvalue weighted by Crippen LogP contribution is -2.29. The van der Waals surface area contributed by atoms with E-state index in [2.05, 4.69) is 0 Å². The van der Waals surface area contributed by atoms with Crippen molar-refractivity contribution in [3.63, 3.8) is 0 Å². The first kappa shape index (κ1) is 15.2. The fourth-order valence-corrected chi connectivity index (χ4v) is 1.53. The molecule has 0 aliphatic carbocycles. The summed E-state index contributed by atoms with van der Waals surface area (Å²) in [7, 11) is 0. The Morgan fingerprint density at radius 2 is 2.16 bits per heavy atom. The van der Waals surface area contributed by atoms with E-state index in [1.807, 2.05) is 13.8 Å². The Kier molecular flexibility index (Phi) is 6.64. The van der Waals surface area contributed by atoms with Gasteiger partial charge in [0.15, 0.2) is 6.10 Å². The highest BCUT2D eigenvalue weighted by molar-refractivity contribution is 5.76. The van der Waals surface area contributed by atoms with Crippen LogP contribution in [0.3, 0.4) is 0 Å². The minimum Gasteiger partial charge on any atom is -0.479 e. The topological polar surface area (TPSA) is 52.6 Å². The molecule has 1 aromatic carbocycles. The Hall–Kier alpha value is -1.84. The van der Waals surface area contributed by atoms with E-state index in [-0.39, 0.29) is 5.97 Å². The van der Waals surface area contributed by atoms with E-state index in [0.29, 0.717) is 24.3 Å². The molecule has 104 valence electrons. The molecule has 0 radical (unpaired) electrons. The van der Waals surface area contributed by atoms with E-state index in [9.17, 15) is 9.59 Å². The van der Waals surface area contributed by atoms with E-state index >= 15 is 0 Å². The summed E-state index contributed by atoms with van der Waals surface area (Å²) < 4.78 is 10.7. The number of hydrogen-bond acceptors (Lipinski definition) is 4. The lowest BCUT2D eigenvalue weighted by atomic mass is 10.2. The van der Waals surface area contributed by atoms with Gasteiger partial charge in [0.25, 0.3) is 0 Å². The average Bonchev–Trinajstić information content (AvgIpc) is 2.45. The highest BCUT2D eigenvalue weighted by Gasteiger charge is 2.19. The van der Waals surface area contributed by atoms with Crippen LogP contribution in [0.5, 0.6) is 5.75 Å². The average molecular weight is 264 g/mol. The molecule has 0 N–H and O–H groups in total. The lowest BCUT2D eigenvalue weighted by Gasteiger charge is -2.16. The molecule has 0 aliphatic rings. The molecule has 4 nitrogen and oxygen atoms in total. The fraction of sp³-hybridized carbons (Fsp3) is 0.467. The third-order valence-corrected chi connectivity index (χ3v) is 2.65. The summed E-state index contributed by atoms with van der Waals surface area (Å²) in [6, 6.07) is 6.72. The SMILES string of the molecule is CCCCOC(=O)C(CC)Oc1cccc(C=O)c1. The van der Waals surface area contributed by atoms with Gasteiger partial charge in [-0.2, -0.15) is 0 Å². The van der Waals surface area contributed by atoms with Gasteiger partial charge < -0.3 is 9.47 Å². The number of carbonyl (C=O) groups is 2. The third kappa shape index (κ3) is 5.12. The van der Waals surface area contributed by atoms with Gasteiger partial charge in [0, 0.05) is 5.56 Å². The normalized spacial score (nSPS) is 11.7. The molecule has 0 spiro atoms. The van der Waals surface area contributed by atoms with Crippen molar-refractivity contribution in [2.75, 3.05) is 6.61 Å². The molecule has 1 unspecified atom stereocenters. The van der Waals surface area contributed by atoms with Crippen molar-refractivity contribution in [3.05, 3.63) is 29.8 Å². The minimum atomic E-state index is -0.626. The van der Waals surface area contributed by atoms with Crippen LogP contribution < -0.4 is 4.74 Å². The van der Waals surface area contributed by atoms with Gasteiger partial charge in [-0.3, -0.25) is 4.79 Å². The van der Waals surface area contributed by atoms with Crippen molar-refractivity contribution in [3.8, 4) is 5.75 Å². The fourth-order valence-electron chi connectivity index (χ4n) is 1.53. The van der Waals surface area contributed by atoms with Crippen LogP contribution in [0.15, 0.2) is 24.3 Å². The third-order valence-electron chi connectivity index (χ3n) is 2.65. The number of hydrogen-bond donors (Lipinski definition) is 0. The van der Waals surface area contributed by atoms with Gasteiger partial charge >= 0.3 is 5.97 Å². The molecular weight excluding hydrogens is 244 g/mol. The van der Waals surface area contributed by atoms with Crippen LogP contribution in [0.4, 0.5) is 0 Å². The number of benzene rings is 1. The summed E-state index contributed by atoms with van der Waals surface area (Å²) in [4.78, 5) is 22.5.